The average Bonchev–Trinajstić information content (AvgIpc) is 3.08. The third-order valence-corrected chi connectivity index (χ3v) is 5.69. The van der Waals surface area contributed by atoms with E-state index in [-0.39, 0.29) is 11.3 Å². The summed E-state index contributed by atoms with van der Waals surface area (Å²) in [5.74, 6) is -0.641. The lowest BCUT2D eigenvalue weighted by molar-refractivity contribution is -0.140. The zero-order valence-corrected chi connectivity index (χ0v) is 19.7. The fourth-order valence-corrected chi connectivity index (χ4v) is 3.96. The van der Waals surface area contributed by atoms with Gasteiger partial charge in [0.25, 0.3) is 11.7 Å². The third kappa shape index (κ3) is 5.31. The number of rotatable bonds is 10. The van der Waals surface area contributed by atoms with E-state index in [4.69, 9.17) is 25.8 Å². The molecule has 0 saturated carbocycles. The molecule has 0 aromatic heterocycles. The molecule has 1 aliphatic rings. The van der Waals surface area contributed by atoms with E-state index in [9.17, 15) is 14.7 Å². The molecule has 1 N–H and O–H groups in total. The highest BCUT2D eigenvalue weighted by Gasteiger charge is 2.45. The summed E-state index contributed by atoms with van der Waals surface area (Å²) in [5.41, 5.74) is 1.04. The van der Waals surface area contributed by atoms with Crippen LogP contribution < -0.4 is 9.47 Å². The quantitative estimate of drug-likeness (QED) is 0.235. The highest BCUT2D eigenvalue weighted by molar-refractivity contribution is 6.46. The largest absolute Gasteiger partial charge is 0.507 e. The van der Waals surface area contributed by atoms with Gasteiger partial charge in [-0.25, -0.2) is 0 Å². The van der Waals surface area contributed by atoms with Crippen molar-refractivity contribution in [1.82, 2.24) is 4.90 Å². The monoisotopic (exact) mass is 473 g/mol. The molecule has 0 spiro atoms. The van der Waals surface area contributed by atoms with Gasteiger partial charge in [0.1, 0.15) is 17.3 Å². The summed E-state index contributed by atoms with van der Waals surface area (Å²) in [7, 11) is 3.04. The van der Waals surface area contributed by atoms with Crippen molar-refractivity contribution < 1.29 is 28.9 Å². The van der Waals surface area contributed by atoms with E-state index in [1.165, 1.54) is 18.1 Å². The molecule has 0 aliphatic carbocycles. The highest BCUT2D eigenvalue weighted by Crippen LogP contribution is 2.40. The van der Waals surface area contributed by atoms with Crippen molar-refractivity contribution in [3.8, 4) is 11.5 Å². The lowest BCUT2D eigenvalue weighted by Gasteiger charge is -2.25. The van der Waals surface area contributed by atoms with E-state index in [0.29, 0.717) is 53.8 Å². The summed E-state index contributed by atoms with van der Waals surface area (Å²) in [6.07, 6.45) is 1.43. The lowest BCUT2D eigenvalue weighted by Crippen LogP contribution is -2.31. The van der Waals surface area contributed by atoms with Crippen LogP contribution >= 0.6 is 11.6 Å². The number of halogens is 1. The number of nitrogens with zero attached hydrogens (tertiary/aromatic N) is 1. The summed E-state index contributed by atoms with van der Waals surface area (Å²) >= 11 is 6.11. The number of benzene rings is 2. The molecule has 3 rings (SSSR count). The van der Waals surface area contributed by atoms with Gasteiger partial charge >= 0.3 is 0 Å². The fourth-order valence-electron chi connectivity index (χ4n) is 3.77. The lowest BCUT2D eigenvalue weighted by atomic mass is 9.95. The number of aliphatic hydroxyl groups is 1. The molecule has 0 radical (unpaired) electrons. The Kier molecular flexibility index (Phi) is 8.36. The van der Waals surface area contributed by atoms with Gasteiger partial charge in [0.05, 0.1) is 30.4 Å². The molecule has 2 aromatic carbocycles. The Bertz CT molecular complexity index is 1030. The second kappa shape index (κ2) is 11.2. The van der Waals surface area contributed by atoms with Crippen molar-refractivity contribution in [2.24, 2.45) is 0 Å². The molecule has 1 amide bonds. The Labute approximate surface area is 198 Å². The summed E-state index contributed by atoms with van der Waals surface area (Å²) in [4.78, 5) is 27.5. The number of ether oxygens (including phenoxy) is 3. The molecular formula is C25H28ClNO6. The van der Waals surface area contributed by atoms with Crippen LogP contribution in [0.1, 0.15) is 36.9 Å². The molecule has 1 atom stereocenters. The summed E-state index contributed by atoms with van der Waals surface area (Å²) in [5, 5.41) is 11.5. The van der Waals surface area contributed by atoms with Crippen molar-refractivity contribution in [3.05, 3.63) is 64.2 Å². The summed E-state index contributed by atoms with van der Waals surface area (Å²) < 4.78 is 16.0. The van der Waals surface area contributed by atoms with Crippen molar-refractivity contribution in [2.75, 3.05) is 34.0 Å². The van der Waals surface area contributed by atoms with E-state index in [1.807, 2.05) is 6.92 Å². The predicted molar refractivity (Wildman–Crippen MR) is 126 cm³/mol. The predicted octanol–water partition coefficient (Wildman–Crippen LogP) is 4.60. The number of likely N-dealkylation sites (tertiary alicyclic amines) is 1. The number of carbonyl (C=O) groups excluding carboxylic acids is 2. The molecule has 33 heavy (non-hydrogen) atoms. The normalized spacial score (nSPS) is 17.5. The number of carbonyl (C=O) groups is 2. The van der Waals surface area contributed by atoms with E-state index in [2.05, 4.69) is 0 Å². The molecule has 1 unspecified atom stereocenters. The van der Waals surface area contributed by atoms with Crippen LogP contribution in [0.15, 0.2) is 48.0 Å². The van der Waals surface area contributed by atoms with Gasteiger partial charge in [0, 0.05) is 25.8 Å². The highest BCUT2D eigenvalue weighted by atomic mass is 35.5. The van der Waals surface area contributed by atoms with Crippen molar-refractivity contribution in [3.63, 3.8) is 0 Å². The number of amides is 1. The van der Waals surface area contributed by atoms with Crippen LogP contribution in [0.25, 0.3) is 5.76 Å². The zero-order valence-electron chi connectivity index (χ0n) is 19.0. The van der Waals surface area contributed by atoms with Crippen LogP contribution in [0.3, 0.4) is 0 Å². The minimum absolute atomic E-state index is 0.0176. The van der Waals surface area contributed by atoms with Crippen molar-refractivity contribution in [1.29, 1.82) is 0 Å². The second-order valence-electron chi connectivity index (χ2n) is 7.61. The van der Waals surface area contributed by atoms with Gasteiger partial charge in [0.15, 0.2) is 0 Å². The molecular weight excluding hydrogens is 446 g/mol. The molecule has 1 heterocycles. The van der Waals surface area contributed by atoms with E-state index < -0.39 is 17.7 Å². The Morgan fingerprint density at radius 3 is 2.45 bits per heavy atom. The molecule has 176 valence electrons. The Hall–Kier alpha value is -3.03. The van der Waals surface area contributed by atoms with Crippen LogP contribution in [0.5, 0.6) is 11.5 Å². The van der Waals surface area contributed by atoms with Gasteiger partial charge in [-0.15, -0.1) is 0 Å². The van der Waals surface area contributed by atoms with Crippen LogP contribution in [0.4, 0.5) is 0 Å². The maximum atomic E-state index is 13.1. The summed E-state index contributed by atoms with van der Waals surface area (Å²) in [6, 6.07) is 11.1. The number of Topliss-reactive ketones (excluding diaryl/α,β-unsaturated/α-hetero) is 1. The fraction of sp³-hybridized carbons (Fsp3) is 0.360. The van der Waals surface area contributed by atoms with E-state index in [1.54, 1.807) is 43.5 Å². The van der Waals surface area contributed by atoms with Gasteiger partial charge in [-0.2, -0.15) is 0 Å². The van der Waals surface area contributed by atoms with Crippen LogP contribution in [0.2, 0.25) is 5.02 Å². The number of aliphatic hydroxyl groups excluding tert-OH is 1. The first-order chi connectivity index (χ1) is 15.9. The minimum atomic E-state index is -0.747. The summed E-state index contributed by atoms with van der Waals surface area (Å²) in [6.45, 7) is 3.35. The smallest absolute Gasteiger partial charge is 0.295 e. The number of hydrogen-bond acceptors (Lipinski definition) is 6. The molecule has 0 bridgehead atoms. The van der Waals surface area contributed by atoms with Crippen molar-refractivity contribution >= 4 is 29.1 Å². The van der Waals surface area contributed by atoms with Gasteiger partial charge in [-0.3, -0.25) is 9.59 Å². The molecule has 2 aromatic rings. The third-order valence-electron chi connectivity index (χ3n) is 5.38. The standard InChI is InChI=1S/C25H28ClNO6/c1-4-13-33-18-9-6-16(7-10-18)22-21(24(29)25(30)27(22)12-5-14-31-2)23(28)17-8-11-19(26)20(15-17)32-3/h6-11,15,22,28H,4-5,12-14H2,1-3H3/b23-21-. The maximum absolute atomic E-state index is 13.1. The van der Waals surface area contributed by atoms with Gasteiger partial charge in [-0.1, -0.05) is 30.7 Å². The van der Waals surface area contributed by atoms with Crippen LogP contribution in [-0.4, -0.2) is 55.7 Å². The molecule has 1 saturated heterocycles. The Morgan fingerprint density at radius 2 is 1.82 bits per heavy atom. The SMILES string of the molecule is CCCOc1ccc(C2/C(=C(/O)c3ccc(Cl)c(OC)c3)C(=O)C(=O)N2CCCOC)cc1. The maximum Gasteiger partial charge on any atom is 0.295 e. The first-order valence-electron chi connectivity index (χ1n) is 10.8. The van der Waals surface area contributed by atoms with E-state index in [0.717, 1.165) is 6.42 Å². The van der Waals surface area contributed by atoms with Crippen LogP contribution in [0, 0.1) is 0 Å². The molecule has 8 heteroatoms. The molecule has 1 fully saturated rings. The second-order valence-corrected chi connectivity index (χ2v) is 8.01. The van der Waals surface area contributed by atoms with Gasteiger partial charge in [0.2, 0.25) is 0 Å². The first kappa shape index (κ1) is 24.6. The minimum Gasteiger partial charge on any atom is -0.507 e. The Balaban J connectivity index is 2.08. The van der Waals surface area contributed by atoms with Gasteiger partial charge in [-0.05, 0) is 48.7 Å². The first-order valence-corrected chi connectivity index (χ1v) is 11.1. The number of methoxy groups -OCH3 is 2. The van der Waals surface area contributed by atoms with Crippen LogP contribution in [-0.2, 0) is 14.3 Å². The number of ketones is 1. The number of hydrogen-bond donors (Lipinski definition) is 1. The van der Waals surface area contributed by atoms with E-state index >= 15 is 0 Å². The van der Waals surface area contributed by atoms with Gasteiger partial charge < -0.3 is 24.2 Å². The Morgan fingerprint density at radius 1 is 1.09 bits per heavy atom. The molecule has 1 aliphatic heterocycles. The van der Waals surface area contributed by atoms with Crippen molar-refractivity contribution in [2.45, 2.75) is 25.8 Å². The topological polar surface area (TPSA) is 85.3 Å². The zero-order chi connectivity index (χ0) is 24.0. The average molecular weight is 474 g/mol. The molecule has 7 nitrogen and oxygen atoms in total.